The number of esters is 1. The average Bonchev–Trinajstić information content (AvgIpc) is 1.94. The van der Waals surface area contributed by atoms with Gasteiger partial charge in [0.2, 0.25) is 0 Å². The molecule has 0 aromatic carbocycles. The lowest BCUT2D eigenvalue weighted by molar-refractivity contribution is -0.165. The minimum absolute atomic E-state index is 0.186. The Morgan fingerprint density at radius 2 is 2.36 bits per heavy atom. The molecule has 0 aromatic rings. The summed E-state index contributed by atoms with van der Waals surface area (Å²) in [5.41, 5.74) is 0. The predicted octanol–water partition coefficient (Wildman–Crippen LogP) is 0.709. The fourth-order valence-corrected chi connectivity index (χ4v) is 1.41. The SMILES string of the molecule is CC(O)C1OC(=O)CCC1C. The van der Waals surface area contributed by atoms with E-state index >= 15 is 0 Å². The largest absolute Gasteiger partial charge is 0.459 e. The van der Waals surface area contributed by atoms with Gasteiger partial charge in [-0.15, -0.1) is 0 Å². The van der Waals surface area contributed by atoms with Crippen molar-refractivity contribution in [2.75, 3.05) is 0 Å². The van der Waals surface area contributed by atoms with Gasteiger partial charge in [0.1, 0.15) is 6.10 Å². The van der Waals surface area contributed by atoms with Gasteiger partial charge in [-0.25, -0.2) is 0 Å². The number of hydrogen-bond donors (Lipinski definition) is 1. The lowest BCUT2D eigenvalue weighted by Crippen LogP contribution is -2.38. The molecule has 3 heteroatoms. The number of ether oxygens (including phenoxy) is 1. The first-order valence-corrected chi connectivity index (χ1v) is 3.99. The number of aliphatic hydroxyl groups is 1. The lowest BCUT2D eigenvalue weighted by atomic mass is 9.93. The van der Waals surface area contributed by atoms with Gasteiger partial charge in [-0.2, -0.15) is 0 Å². The second-order valence-corrected chi connectivity index (χ2v) is 3.21. The number of carbonyl (C=O) groups excluding carboxylic acids is 1. The summed E-state index contributed by atoms with van der Waals surface area (Å²) in [6.45, 7) is 3.64. The van der Waals surface area contributed by atoms with Gasteiger partial charge in [0.05, 0.1) is 6.10 Å². The molecule has 0 bridgehead atoms. The molecule has 1 N–H and O–H groups in total. The first kappa shape index (κ1) is 8.53. The summed E-state index contributed by atoms with van der Waals surface area (Å²) in [5, 5.41) is 9.19. The Labute approximate surface area is 66.4 Å². The molecule has 1 aliphatic rings. The zero-order valence-electron chi connectivity index (χ0n) is 6.91. The Balaban J connectivity index is 2.54. The van der Waals surface area contributed by atoms with Crippen LogP contribution in [0, 0.1) is 5.92 Å². The van der Waals surface area contributed by atoms with E-state index in [0.29, 0.717) is 6.42 Å². The third kappa shape index (κ3) is 1.93. The summed E-state index contributed by atoms with van der Waals surface area (Å²) < 4.78 is 4.97. The van der Waals surface area contributed by atoms with Crippen LogP contribution in [-0.2, 0) is 9.53 Å². The fourth-order valence-electron chi connectivity index (χ4n) is 1.41. The number of aliphatic hydroxyl groups excluding tert-OH is 1. The Morgan fingerprint density at radius 3 is 2.82 bits per heavy atom. The minimum atomic E-state index is -0.547. The summed E-state index contributed by atoms with van der Waals surface area (Å²) in [6, 6.07) is 0. The molecule has 1 fully saturated rings. The van der Waals surface area contributed by atoms with Gasteiger partial charge >= 0.3 is 5.97 Å². The molecule has 0 aromatic heterocycles. The monoisotopic (exact) mass is 158 g/mol. The van der Waals surface area contributed by atoms with Crippen molar-refractivity contribution >= 4 is 5.97 Å². The van der Waals surface area contributed by atoms with E-state index in [0.717, 1.165) is 6.42 Å². The van der Waals surface area contributed by atoms with Crippen molar-refractivity contribution in [3.63, 3.8) is 0 Å². The molecule has 0 aliphatic carbocycles. The molecule has 11 heavy (non-hydrogen) atoms. The Kier molecular flexibility index (Phi) is 2.49. The first-order valence-electron chi connectivity index (χ1n) is 3.99. The van der Waals surface area contributed by atoms with Crippen LogP contribution in [-0.4, -0.2) is 23.3 Å². The Morgan fingerprint density at radius 1 is 1.73 bits per heavy atom. The molecule has 1 saturated heterocycles. The van der Waals surface area contributed by atoms with Crippen molar-refractivity contribution in [1.29, 1.82) is 0 Å². The predicted molar refractivity (Wildman–Crippen MR) is 40.0 cm³/mol. The normalized spacial score (nSPS) is 34.6. The fraction of sp³-hybridized carbons (Fsp3) is 0.875. The molecule has 1 rings (SSSR count). The van der Waals surface area contributed by atoms with Crippen molar-refractivity contribution in [1.82, 2.24) is 0 Å². The quantitative estimate of drug-likeness (QED) is 0.572. The second kappa shape index (κ2) is 3.22. The molecule has 0 saturated carbocycles. The van der Waals surface area contributed by atoms with Gasteiger partial charge in [0.25, 0.3) is 0 Å². The second-order valence-electron chi connectivity index (χ2n) is 3.21. The van der Waals surface area contributed by atoms with Crippen LogP contribution < -0.4 is 0 Å². The minimum Gasteiger partial charge on any atom is -0.459 e. The van der Waals surface area contributed by atoms with Crippen LogP contribution in [0.15, 0.2) is 0 Å². The third-order valence-electron chi connectivity index (χ3n) is 2.11. The van der Waals surface area contributed by atoms with Gasteiger partial charge in [-0.3, -0.25) is 4.79 Å². The van der Waals surface area contributed by atoms with Crippen LogP contribution in [0.2, 0.25) is 0 Å². The molecule has 0 radical (unpaired) electrons. The van der Waals surface area contributed by atoms with Crippen molar-refractivity contribution in [3.8, 4) is 0 Å². The van der Waals surface area contributed by atoms with E-state index in [1.165, 1.54) is 0 Å². The van der Waals surface area contributed by atoms with Gasteiger partial charge in [-0.05, 0) is 19.3 Å². The molecule has 3 atom stereocenters. The summed E-state index contributed by atoms with van der Waals surface area (Å²) in [7, 11) is 0. The molecule has 3 nitrogen and oxygen atoms in total. The highest BCUT2D eigenvalue weighted by atomic mass is 16.6. The highest BCUT2D eigenvalue weighted by Crippen LogP contribution is 2.23. The number of hydrogen-bond acceptors (Lipinski definition) is 3. The standard InChI is InChI=1S/C8H14O3/c1-5-3-4-7(10)11-8(5)6(2)9/h5-6,8-9H,3-4H2,1-2H3. The van der Waals surface area contributed by atoms with E-state index in [9.17, 15) is 9.90 Å². The third-order valence-corrected chi connectivity index (χ3v) is 2.11. The van der Waals surface area contributed by atoms with Crippen LogP contribution in [0.5, 0.6) is 0 Å². The van der Waals surface area contributed by atoms with Gasteiger partial charge < -0.3 is 9.84 Å². The molecular weight excluding hydrogens is 144 g/mol. The van der Waals surface area contributed by atoms with Crippen molar-refractivity contribution < 1.29 is 14.6 Å². The lowest BCUT2D eigenvalue weighted by Gasteiger charge is -2.30. The number of carbonyl (C=O) groups is 1. The van der Waals surface area contributed by atoms with Gasteiger partial charge in [0.15, 0.2) is 0 Å². The maximum atomic E-state index is 10.8. The Hall–Kier alpha value is -0.570. The van der Waals surface area contributed by atoms with E-state index in [2.05, 4.69) is 0 Å². The van der Waals surface area contributed by atoms with Gasteiger partial charge in [0, 0.05) is 6.42 Å². The summed E-state index contributed by atoms with van der Waals surface area (Å²) >= 11 is 0. The van der Waals surface area contributed by atoms with Crippen molar-refractivity contribution in [3.05, 3.63) is 0 Å². The van der Waals surface area contributed by atoms with Crippen LogP contribution in [0.4, 0.5) is 0 Å². The summed E-state index contributed by atoms with van der Waals surface area (Å²) in [4.78, 5) is 10.8. The smallest absolute Gasteiger partial charge is 0.306 e. The van der Waals surface area contributed by atoms with Crippen molar-refractivity contribution in [2.45, 2.75) is 38.9 Å². The molecule has 1 aliphatic heterocycles. The van der Waals surface area contributed by atoms with E-state index in [1.54, 1.807) is 6.92 Å². The molecule has 3 unspecified atom stereocenters. The molecule has 1 heterocycles. The maximum Gasteiger partial charge on any atom is 0.306 e. The van der Waals surface area contributed by atoms with Crippen LogP contribution in [0.3, 0.4) is 0 Å². The van der Waals surface area contributed by atoms with Crippen LogP contribution in [0.1, 0.15) is 26.7 Å². The van der Waals surface area contributed by atoms with Crippen molar-refractivity contribution in [2.24, 2.45) is 5.92 Å². The number of cyclic esters (lactones) is 1. The molecule has 0 spiro atoms. The zero-order valence-corrected chi connectivity index (χ0v) is 6.91. The van der Waals surface area contributed by atoms with E-state index in [-0.39, 0.29) is 18.0 Å². The highest BCUT2D eigenvalue weighted by Gasteiger charge is 2.30. The van der Waals surface area contributed by atoms with Gasteiger partial charge in [-0.1, -0.05) is 6.92 Å². The number of rotatable bonds is 1. The van der Waals surface area contributed by atoms with E-state index in [1.807, 2.05) is 6.92 Å². The molecule has 64 valence electrons. The van der Waals surface area contributed by atoms with E-state index < -0.39 is 6.10 Å². The topological polar surface area (TPSA) is 46.5 Å². The first-order chi connectivity index (χ1) is 5.11. The average molecular weight is 158 g/mol. The molecule has 0 amide bonds. The van der Waals surface area contributed by atoms with E-state index in [4.69, 9.17) is 4.74 Å². The molecular formula is C8H14O3. The summed E-state index contributed by atoms with van der Waals surface area (Å²) in [5.74, 6) is 0.0988. The highest BCUT2D eigenvalue weighted by molar-refractivity contribution is 5.70. The maximum absolute atomic E-state index is 10.8. The summed E-state index contributed by atoms with van der Waals surface area (Å²) in [6.07, 6.45) is 0.476. The Bertz CT molecular complexity index is 153. The van der Waals surface area contributed by atoms with Crippen LogP contribution in [0.25, 0.3) is 0 Å². The van der Waals surface area contributed by atoms with Crippen LogP contribution >= 0.6 is 0 Å². The zero-order chi connectivity index (χ0) is 8.43.